The molecule has 0 saturated heterocycles. The fourth-order valence-electron chi connectivity index (χ4n) is 1.19. The zero-order valence-electron chi connectivity index (χ0n) is 9.68. The van der Waals surface area contributed by atoms with Crippen molar-refractivity contribution in [3.63, 3.8) is 0 Å². The van der Waals surface area contributed by atoms with Crippen LogP contribution in [0.3, 0.4) is 0 Å². The number of hydrogen-bond donors (Lipinski definition) is 1. The van der Waals surface area contributed by atoms with E-state index < -0.39 is 23.2 Å². The molecule has 0 aliphatic heterocycles. The van der Waals surface area contributed by atoms with Gasteiger partial charge in [0, 0.05) is 0 Å². The van der Waals surface area contributed by atoms with Crippen LogP contribution in [0.5, 0.6) is 0 Å². The van der Waals surface area contributed by atoms with Gasteiger partial charge in [0.05, 0.1) is 5.56 Å². The molecule has 0 bridgehead atoms. The standard InChI is InChI=1S/C7H3F2N.C7H6O2/c8-6-2-1-3-7(9)5(6)4-10;8-7(9)6-4-2-1-3-5-6/h1-3H;1-5H,(H,8,9). The highest BCUT2D eigenvalue weighted by atomic mass is 19.1. The first-order valence-corrected chi connectivity index (χ1v) is 5.18. The first kappa shape index (κ1) is 14.3. The maximum atomic E-state index is 12.4. The molecule has 0 fully saturated rings. The van der Waals surface area contributed by atoms with E-state index in [4.69, 9.17) is 10.4 Å². The van der Waals surface area contributed by atoms with E-state index in [-0.39, 0.29) is 0 Å². The van der Waals surface area contributed by atoms with Crippen LogP contribution in [0.2, 0.25) is 0 Å². The largest absolute Gasteiger partial charge is 0.478 e. The number of nitriles is 1. The molecule has 0 aliphatic carbocycles. The second-order valence-corrected chi connectivity index (χ2v) is 3.38. The minimum Gasteiger partial charge on any atom is -0.478 e. The zero-order valence-corrected chi connectivity index (χ0v) is 9.68. The molecule has 2 aromatic carbocycles. The van der Waals surface area contributed by atoms with Gasteiger partial charge in [-0.1, -0.05) is 24.3 Å². The third kappa shape index (κ3) is 4.21. The Morgan fingerprint density at radius 3 is 1.84 bits per heavy atom. The highest BCUT2D eigenvalue weighted by Crippen LogP contribution is 2.09. The van der Waals surface area contributed by atoms with Gasteiger partial charge < -0.3 is 5.11 Å². The molecule has 0 unspecified atom stereocenters. The van der Waals surface area contributed by atoms with Crippen LogP contribution in [0.4, 0.5) is 8.78 Å². The maximum Gasteiger partial charge on any atom is 0.335 e. The molecule has 0 atom stereocenters. The summed E-state index contributed by atoms with van der Waals surface area (Å²) in [6.45, 7) is 0. The molecule has 0 amide bonds. The lowest BCUT2D eigenvalue weighted by molar-refractivity contribution is 0.0697. The smallest absolute Gasteiger partial charge is 0.335 e. The van der Waals surface area contributed by atoms with Gasteiger partial charge >= 0.3 is 5.97 Å². The van der Waals surface area contributed by atoms with E-state index >= 15 is 0 Å². The van der Waals surface area contributed by atoms with Crippen molar-refractivity contribution >= 4 is 5.97 Å². The van der Waals surface area contributed by atoms with Crippen molar-refractivity contribution in [1.82, 2.24) is 0 Å². The number of rotatable bonds is 1. The van der Waals surface area contributed by atoms with Gasteiger partial charge in [-0.05, 0) is 24.3 Å². The normalized spacial score (nSPS) is 8.89. The molecule has 19 heavy (non-hydrogen) atoms. The topological polar surface area (TPSA) is 61.1 Å². The third-order valence-corrected chi connectivity index (χ3v) is 2.10. The van der Waals surface area contributed by atoms with Crippen LogP contribution in [0.25, 0.3) is 0 Å². The first-order valence-electron chi connectivity index (χ1n) is 5.18. The molecule has 2 rings (SSSR count). The van der Waals surface area contributed by atoms with Crippen molar-refractivity contribution in [2.45, 2.75) is 0 Å². The van der Waals surface area contributed by atoms with Crippen molar-refractivity contribution in [1.29, 1.82) is 5.26 Å². The Kier molecular flexibility index (Phi) is 5.17. The monoisotopic (exact) mass is 261 g/mol. The third-order valence-electron chi connectivity index (χ3n) is 2.10. The number of carbonyl (C=O) groups is 1. The molecular formula is C14H9F2NO2. The van der Waals surface area contributed by atoms with Gasteiger partial charge in [-0.25, -0.2) is 13.6 Å². The molecule has 0 saturated carbocycles. The minimum atomic E-state index is -0.879. The van der Waals surface area contributed by atoms with Gasteiger partial charge in [0.15, 0.2) is 0 Å². The molecule has 3 nitrogen and oxygen atoms in total. The van der Waals surface area contributed by atoms with Crippen molar-refractivity contribution < 1.29 is 18.7 Å². The summed E-state index contributed by atoms with van der Waals surface area (Å²) in [4.78, 5) is 10.2. The highest BCUT2D eigenvalue weighted by molar-refractivity contribution is 5.87. The lowest BCUT2D eigenvalue weighted by Crippen LogP contribution is -1.93. The summed E-state index contributed by atoms with van der Waals surface area (Å²) >= 11 is 0. The van der Waals surface area contributed by atoms with Gasteiger partial charge in [0.2, 0.25) is 0 Å². The SMILES string of the molecule is N#Cc1c(F)cccc1F.O=C(O)c1ccccc1. The van der Waals surface area contributed by atoms with Crippen LogP contribution in [-0.2, 0) is 0 Å². The van der Waals surface area contributed by atoms with Crippen LogP contribution < -0.4 is 0 Å². The minimum absolute atomic E-state index is 0.331. The van der Waals surface area contributed by atoms with Crippen LogP contribution >= 0.6 is 0 Å². The lowest BCUT2D eigenvalue weighted by atomic mass is 10.2. The summed E-state index contributed by atoms with van der Waals surface area (Å²) in [5.41, 5.74) is -0.194. The van der Waals surface area contributed by atoms with E-state index in [1.165, 1.54) is 12.1 Å². The van der Waals surface area contributed by atoms with Gasteiger partial charge in [0.1, 0.15) is 23.3 Å². The predicted octanol–water partition coefficient (Wildman–Crippen LogP) is 3.22. The Bertz CT molecular complexity index is 586. The fourth-order valence-corrected chi connectivity index (χ4v) is 1.19. The van der Waals surface area contributed by atoms with Gasteiger partial charge in [-0.15, -0.1) is 0 Å². The predicted molar refractivity (Wildman–Crippen MR) is 64.5 cm³/mol. The van der Waals surface area contributed by atoms with Gasteiger partial charge in [-0.2, -0.15) is 5.26 Å². The number of carboxylic acid groups (broad SMARTS) is 1. The van der Waals surface area contributed by atoms with Gasteiger partial charge in [-0.3, -0.25) is 0 Å². The Hall–Kier alpha value is -2.74. The number of benzene rings is 2. The van der Waals surface area contributed by atoms with E-state index in [0.29, 0.717) is 5.56 Å². The summed E-state index contributed by atoms with van der Waals surface area (Å²) in [6, 6.07) is 13.0. The number of hydrogen-bond acceptors (Lipinski definition) is 2. The van der Waals surface area contributed by atoms with Crippen LogP contribution in [0.1, 0.15) is 15.9 Å². The van der Waals surface area contributed by atoms with E-state index in [1.54, 1.807) is 30.3 Å². The average molecular weight is 261 g/mol. The molecular weight excluding hydrogens is 252 g/mol. The summed E-state index contributed by atoms with van der Waals surface area (Å²) in [5, 5.41) is 16.6. The molecule has 1 N–H and O–H groups in total. The van der Waals surface area contributed by atoms with Crippen LogP contribution in [-0.4, -0.2) is 11.1 Å². The average Bonchev–Trinajstić information content (AvgIpc) is 2.41. The number of carboxylic acids is 1. The summed E-state index contributed by atoms with van der Waals surface area (Å²) in [6.07, 6.45) is 0. The summed E-state index contributed by atoms with van der Waals surface area (Å²) < 4.78 is 24.8. The second kappa shape index (κ2) is 6.87. The van der Waals surface area contributed by atoms with Crippen LogP contribution in [0, 0.1) is 23.0 Å². The fraction of sp³-hybridized carbons (Fsp3) is 0. The molecule has 0 radical (unpaired) electrons. The lowest BCUT2D eigenvalue weighted by Gasteiger charge is -1.91. The Morgan fingerprint density at radius 2 is 1.53 bits per heavy atom. The second-order valence-electron chi connectivity index (χ2n) is 3.38. The van der Waals surface area contributed by atoms with Crippen LogP contribution in [0.15, 0.2) is 48.5 Å². The van der Waals surface area contributed by atoms with E-state index in [1.807, 2.05) is 0 Å². The number of halogens is 2. The Balaban J connectivity index is 0.000000191. The molecule has 0 heterocycles. The maximum absolute atomic E-state index is 12.4. The summed E-state index contributed by atoms with van der Waals surface area (Å²) in [7, 11) is 0. The Morgan fingerprint density at radius 1 is 1.00 bits per heavy atom. The number of nitrogens with zero attached hydrogens (tertiary/aromatic N) is 1. The first-order chi connectivity index (χ1) is 9.06. The zero-order chi connectivity index (χ0) is 14.3. The molecule has 0 spiro atoms. The molecule has 96 valence electrons. The van der Waals surface area contributed by atoms with Crippen molar-refractivity contribution in [3.05, 3.63) is 71.3 Å². The Labute approximate surface area is 108 Å². The quantitative estimate of drug-likeness (QED) is 0.857. The molecule has 0 aromatic heterocycles. The molecule has 0 aliphatic rings. The molecule has 2 aromatic rings. The summed E-state index contributed by atoms with van der Waals surface area (Å²) in [5.74, 6) is -2.51. The van der Waals surface area contributed by atoms with Crippen molar-refractivity contribution in [3.8, 4) is 6.07 Å². The van der Waals surface area contributed by atoms with E-state index in [0.717, 1.165) is 12.1 Å². The van der Waals surface area contributed by atoms with E-state index in [2.05, 4.69) is 0 Å². The van der Waals surface area contributed by atoms with Crippen molar-refractivity contribution in [2.24, 2.45) is 0 Å². The molecule has 5 heteroatoms. The van der Waals surface area contributed by atoms with Crippen molar-refractivity contribution in [2.75, 3.05) is 0 Å². The van der Waals surface area contributed by atoms with E-state index in [9.17, 15) is 13.6 Å². The number of aromatic carboxylic acids is 1. The highest BCUT2D eigenvalue weighted by Gasteiger charge is 2.05. The van der Waals surface area contributed by atoms with Gasteiger partial charge in [0.25, 0.3) is 0 Å².